The number of hydrogen-bond acceptors (Lipinski definition) is 2. The maximum absolute atomic E-state index is 12.4. The van der Waals surface area contributed by atoms with Gasteiger partial charge in [0.05, 0.1) is 0 Å². The Bertz CT molecular complexity index is 565. The third-order valence-electron chi connectivity index (χ3n) is 4.16. The molecule has 0 spiro atoms. The lowest BCUT2D eigenvalue weighted by Crippen LogP contribution is -2.38. The van der Waals surface area contributed by atoms with Crippen LogP contribution in [0.4, 0.5) is 0 Å². The van der Waals surface area contributed by atoms with E-state index in [9.17, 15) is 4.79 Å². The molecular weight excluding hydrogens is 262 g/mol. The fraction of sp³-hybridized carbons (Fsp3) is 0.412. The molecule has 0 bridgehead atoms. The van der Waals surface area contributed by atoms with E-state index in [-0.39, 0.29) is 5.91 Å². The summed E-state index contributed by atoms with van der Waals surface area (Å²) in [6, 6.07) is 12.7. The van der Waals surface area contributed by atoms with E-state index in [1.807, 2.05) is 23.2 Å². The van der Waals surface area contributed by atoms with Gasteiger partial charge in [0, 0.05) is 25.0 Å². The Kier molecular flexibility index (Phi) is 4.34. The standard InChI is InChI=1S/C17H21N3O/c21-17(14-19-12-5-11-18-19)20-13-4-8-16(20)10-9-15-6-2-1-3-7-15/h1-3,5-7,11-12,16H,4,8-10,13-14H2. The van der Waals surface area contributed by atoms with Crippen LogP contribution in [-0.2, 0) is 17.8 Å². The first kappa shape index (κ1) is 13.9. The molecule has 1 aromatic carbocycles. The third kappa shape index (κ3) is 3.51. The smallest absolute Gasteiger partial charge is 0.244 e. The van der Waals surface area contributed by atoms with Crippen molar-refractivity contribution in [2.45, 2.75) is 38.3 Å². The summed E-state index contributed by atoms with van der Waals surface area (Å²) in [6.45, 7) is 1.24. The molecule has 1 unspecified atom stereocenters. The maximum Gasteiger partial charge on any atom is 0.244 e. The molecule has 1 aliphatic rings. The van der Waals surface area contributed by atoms with Crippen LogP contribution in [0, 0.1) is 0 Å². The lowest BCUT2D eigenvalue weighted by Gasteiger charge is -2.24. The second-order valence-electron chi connectivity index (χ2n) is 5.61. The Morgan fingerprint density at radius 1 is 1.24 bits per heavy atom. The molecule has 2 aromatic rings. The van der Waals surface area contributed by atoms with Crippen LogP contribution < -0.4 is 0 Å². The van der Waals surface area contributed by atoms with Gasteiger partial charge in [-0.05, 0) is 37.3 Å². The highest BCUT2D eigenvalue weighted by atomic mass is 16.2. The molecular formula is C17H21N3O. The second kappa shape index (κ2) is 6.57. The van der Waals surface area contributed by atoms with Gasteiger partial charge in [0.25, 0.3) is 0 Å². The summed E-state index contributed by atoms with van der Waals surface area (Å²) in [5.74, 6) is 0.189. The number of hydrogen-bond donors (Lipinski definition) is 0. The first-order valence-electron chi connectivity index (χ1n) is 7.64. The Morgan fingerprint density at radius 2 is 2.10 bits per heavy atom. The monoisotopic (exact) mass is 283 g/mol. The number of rotatable bonds is 5. The number of aryl methyl sites for hydroxylation is 1. The SMILES string of the molecule is O=C(Cn1cccn1)N1CCCC1CCc1ccccc1. The molecule has 2 heterocycles. The van der Waals surface area contributed by atoms with Gasteiger partial charge < -0.3 is 4.90 Å². The first-order chi connectivity index (χ1) is 10.3. The highest BCUT2D eigenvalue weighted by Gasteiger charge is 2.28. The highest BCUT2D eigenvalue weighted by Crippen LogP contribution is 2.22. The highest BCUT2D eigenvalue weighted by molar-refractivity contribution is 5.76. The molecule has 1 saturated heterocycles. The summed E-state index contributed by atoms with van der Waals surface area (Å²) in [6.07, 6.45) is 7.88. The van der Waals surface area contributed by atoms with E-state index in [2.05, 4.69) is 29.4 Å². The second-order valence-corrected chi connectivity index (χ2v) is 5.61. The van der Waals surface area contributed by atoms with Crippen LogP contribution in [0.3, 0.4) is 0 Å². The van der Waals surface area contributed by atoms with Gasteiger partial charge in [0.15, 0.2) is 0 Å². The van der Waals surface area contributed by atoms with Gasteiger partial charge in [0.2, 0.25) is 5.91 Å². The van der Waals surface area contributed by atoms with Crippen molar-refractivity contribution in [3.8, 4) is 0 Å². The largest absolute Gasteiger partial charge is 0.338 e. The van der Waals surface area contributed by atoms with Crippen molar-refractivity contribution in [3.05, 3.63) is 54.4 Å². The third-order valence-corrected chi connectivity index (χ3v) is 4.16. The Labute approximate surface area is 125 Å². The van der Waals surface area contributed by atoms with Crippen LogP contribution in [0.25, 0.3) is 0 Å². The van der Waals surface area contributed by atoms with Crippen LogP contribution in [0.15, 0.2) is 48.8 Å². The topological polar surface area (TPSA) is 38.1 Å². The van der Waals surface area contributed by atoms with E-state index in [0.717, 1.165) is 32.2 Å². The zero-order valence-corrected chi connectivity index (χ0v) is 12.2. The fourth-order valence-corrected chi connectivity index (χ4v) is 3.07. The number of carbonyl (C=O) groups is 1. The summed E-state index contributed by atoms with van der Waals surface area (Å²) >= 11 is 0. The molecule has 1 aliphatic heterocycles. The Morgan fingerprint density at radius 3 is 2.86 bits per heavy atom. The quantitative estimate of drug-likeness (QED) is 0.845. The molecule has 0 radical (unpaired) electrons. The van der Waals surface area contributed by atoms with Crippen LogP contribution in [-0.4, -0.2) is 33.2 Å². The summed E-state index contributed by atoms with van der Waals surface area (Å²) in [7, 11) is 0. The molecule has 1 fully saturated rings. The van der Waals surface area contributed by atoms with Crippen molar-refractivity contribution in [1.29, 1.82) is 0 Å². The van der Waals surface area contributed by atoms with Crippen molar-refractivity contribution >= 4 is 5.91 Å². The van der Waals surface area contributed by atoms with Crippen molar-refractivity contribution in [2.75, 3.05) is 6.54 Å². The molecule has 0 saturated carbocycles. The number of carbonyl (C=O) groups excluding carboxylic acids is 1. The fourth-order valence-electron chi connectivity index (χ4n) is 3.07. The molecule has 110 valence electrons. The zero-order chi connectivity index (χ0) is 14.5. The van der Waals surface area contributed by atoms with Gasteiger partial charge >= 0.3 is 0 Å². The van der Waals surface area contributed by atoms with Gasteiger partial charge in [-0.3, -0.25) is 9.48 Å². The summed E-state index contributed by atoms with van der Waals surface area (Å²) in [4.78, 5) is 14.4. The van der Waals surface area contributed by atoms with E-state index in [1.165, 1.54) is 5.56 Å². The lowest BCUT2D eigenvalue weighted by atomic mass is 10.0. The molecule has 3 rings (SSSR count). The lowest BCUT2D eigenvalue weighted by molar-refractivity contribution is -0.132. The minimum absolute atomic E-state index is 0.189. The van der Waals surface area contributed by atoms with Gasteiger partial charge in [-0.1, -0.05) is 30.3 Å². The minimum atomic E-state index is 0.189. The molecule has 1 amide bonds. The number of aromatic nitrogens is 2. The van der Waals surface area contributed by atoms with Gasteiger partial charge in [-0.15, -0.1) is 0 Å². The predicted molar refractivity (Wildman–Crippen MR) is 81.7 cm³/mol. The molecule has 0 N–H and O–H groups in total. The van der Waals surface area contributed by atoms with Crippen LogP contribution in [0.5, 0.6) is 0 Å². The van der Waals surface area contributed by atoms with Gasteiger partial charge in [0.1, 0.15) is 6.54 Å². The normalized spacial score (nSPS) is 18.1. The predicted octanol–water partition coefficient (Wildman–Crippen LogP) is 2.51. The van der Waals surface area contributed by atoms with E-state index in [0.29, 0.717) is 12.6 Å². The van der Waals surface area contributed by atoms with Crippen molar-refractivity contribution in [3.63, 3.8) is 0 Å². The molecule has 1 atom stereocenters. The summed E-state index contributed by atoms with van der Waals surface area (Å²) < 4.78 is 1.70. The summed E-state index contributed by atoms with van der Waals surface area (Å²) in [5, 5.41) is 4.12. The van der Waals surface area contributed by atoms with Gasteiger partial charge in [-0.2, -0.15) is 5.10 Å². The molecule has 4 nitrogen and oxygen atoms in total. The number of benzene rings is 1. The Balaban J connectivity index is 1.56. The number of likely N-dealkylation sites (tertiary alicyclic amines) is 1. The van der Waals surface area contributed by atoms with E-state index >= 15 is 0 Å². The Hall–Kier alpha value is -2.10. The average Bonchev–Trinajstić information content (AvgIpc) is 3.17. The van der Waals surface area contributed by atoms with Crippen LogP contribution >= 0.6 is 0 Å². The number of nitrogens with zero attached hydrogens (tertiary/aromatic N) is 3. The molecule has 0 aliphatic carbocycles. The molecule has 4 heteroatoms. The molecule has 1 aromatic heterocycles. The summed E-state index contributed by atoms with van der Waals surface area (Å²) in [5.41, 5.74) is 1.35. The van der Waals surface area contributed by atoms with Crippen molar-refractivity contribution < 1.29 is 4.79 Å². The zero-order valence-electron chi connectivity index (χ0n) is 12.2. The number of amides is 1. The average molecular weight is 283 g/mol. The first-order valence-corrected chi connectivity index (χ1v) is 7.64. The van der Waals surface area contributed by atoms with E-state index in [1.54, 1.807) is 10.9 Å². The molecule has 21 heavy (non-hydrogen) atoms. The van der Waals surface area contributed by atoms with Crippen LogP contribution in [0.2, 0.25) is 0 Å². The minimum Gasteiger partial charge on any atom is -0.338 e. The van der Waals surface area contributed by atoms with Crippen molar-refractivity contribution in [2.24, 2.45) is 0 Å². The van der Waals surface area contributed by atoms with Gasteiger partial charge in [-0.25, -0.2) is 0 Å². The van der Waals surface area contributed by atoms with Crippen LogP contribution in [0.1, 0.15) is 24.8 Å². The van der Waals surface area contributed by atoms with E-state index in [4.69, 9.17) is 0 Å². The maximum atomic E-state index is 12.4. The van der Waals surface area contributed by atoms with Crippen molar-refractivity contribution in [1.82, 2.24) is 14.7 Å². The van der Waals surface area contributed by atoms with E-state index < -0.39 is 0 Å².